The molecule has 0 amide bonds. The fourth-order valence-electron chi connectivity index (χ4n) is 2.75. The molecular formula is C15H22N4O2S. The lowest BCUT2D eigenvalue weighted by Gasteiger charge is -2.36. The standard InChI is InChI=1S/C15H22N4O2S/c1-4-18-14(13-6-5-7-20-13)16-19(15(18)22)10-17-8-12(3)21-9-11(17)2/h5-7,11-12H,4,8-10H2,1-3H3. The molecule has 0 radical (unpaired) electrons. The van der Waals surface area contributed by atoms with Gasteiger partial charge in [-0.2, -0.15) is 0 Å². The second-order valence-electron chi connectivity index (χ2n) is 5.73. The minimum Gasteiger partial charge on any atom is -0.461 e. The van der Waals surface area contributed by atoms with Crippen LogP contribution in [-0.4, -0.2) is 44.5 Å². The van der Waals surface area contributed by atoms with Crippen molar-refractivity contribution in [2.24, 2.45) is 0 Å². The molecule has 0 spiro atoms. The summed E-state index contributed by atoms with van der Waals surface area (Å²) < 4.78 is 15.8. The lowest BCUT2D eigenvalue weighted by molar-refractivity contribution is -0.0625. The second kappa shape index (κ2) is 6.36. The van der Waals surface area contributed by atoms with Crippen LogP contribution in [0.3, 0.4) is 0 Å². The van der Waals surface area contributed by atoms with Gasteiger partial charge in [-0.05, 0) is 45.1 Å². The molecule has 0 aromatic carbocycles. The summed E-state index contributed by atoms with van der Waals surface area (Å²) in [7, 11) is 0. The molecule has 1 saturated heterocycles. The third kappa shape index (κ3) is 2.88. The van der Waals surface area contributed by atoms with Gasteiger partial charge in [0.2, 0.25) is 0 Å². The van der Waals surface area contributed by atoms with Crippen LogP contribution in [0.25, 0.3) is 11.6 Å². The number of morpholine rings is 1. The molecule has 2 aromatic heterocycles. The Kier molecular flexibility index (Phi) is 4.46. The fourth-order valence-corrected chi connectivity index (χ4v) is 3.06. The Balaban J connectivity index is 1.90. The van der Waals surface area contributed by atoms with Crippen molar-refractivity contribution in [2.75, 3.05) is 13.2 Å². The van der Waals surface area contributed by atoms with Crippen molar-refractivity contribution in [3.63, 3.8) is 0 Å². The van der Waals surface area contributed by atoms with Gasteiger partial charge < -0.3 is 9.15 Å². The predicted octanol–water partition coefficient (Wildman–Crippen LogP) is 2.76. The molecule has 3 rings (SSSR count). The highest BCUT2D eigenvalue weighted by Crippen LogP contribution is 2.20. The number of ether oxygens (including phenoxy) is 1. The van der Waals surface area contributed by atoms with E-state index in [1.54, 1.807) is 6.26 Å². The summed E-state index contributed by atoms with van der Waals surface area (Å²) in [6, 6.07) is 4.13. The van der Waals surface area contributed by atoms with E-state index in [0.717, 1.165) is 36.1 Å². The minimum absolute atomic E-state index is 0.239. The first-order valence-electron chi connectivity index (χ1n) is 7.67. The average Bonchev–Trinajstić information content (AvgIpc) is 3.12. The van der Waals surface area contributed by atoms with E-state index in [1.165, 1.54) is 0 Å². The Hall–Kier alpha value is -1.44. The molecule has 2 unspecified atom stereocenters. The summed E-state index contributed by atoms with van der Waals surface area (Å²) in [5.74, 6) is 1.53. The zero-order valence-electron chi connectivity index (χ0n) is 13.2. The van der Waals surface area contributed by atoms with Crippen LogP contribution < -0.4 is 0 Å². The topological polar surface area (TPSA) is 48.4 Å². The smallest absolute Gasteiger partial charge is 0.199 e. The summed E-state index contributed by atoms with van der Waals surface area (Å²) in [5, 5.41) is 4.68. The van der Waals surface area contributed by atoms with Crippen LogP contribution >= 0.6 is 12.2 Å². The Morgan fingerprint density at radius 2 is 2.23 bits per heavy atom. The molecule has 6 nitrogen and oxygen atoms in total. The van der Waals surface area contributed by atoms with Crippen molar-refractivity contribution < 1.29 is 9.15 Å². The molecule has 7 heteroatoms. The van der Waals surface area contributed by atoms with Gasteiger partial charge in [-0.25, -0.2) is 4.68 Å². The molecule has 0 aliphatic carbocycles. The van der Waals surface area contributed by atoms with Gasteiger partial charge in [0.15, 0.2) is 16.4 Å². The summed E-state index contributed by atoms with van der Waals surface area (Å²) >= 11 is 5.59. The molecular weight excluding hydrogens is 300 g/mol. The van der Waals surface area contributed by atoms with Gasteiger partial charge in [-0.3, -0.25) is 9.47 Å². The highest BCUT2D eigenvalue weighted by Gasteiger charge is 2.25. The van der Waals surface area contributed by atoms with Gasteiger partial charge in [-0.15, -0.1) is 5.10 Å². The van der Waals surface area contributed by atoms with Crippen LogP contribution in [0.4, 0.5) is 0 Å². The van der Waals surface area contributed by atoms with E-state index in [-0.39, 0.29) is 6.10 Å². The molecule has 0 bridgehead atoms. The third-order valence-corrected chi connectivity index (χ3v) is 4.46. The number of nitrogens with zero attached hydrogens (tertiary/aromatic N) is 4. The fraction of sp³-hybridized carbons (Fsp3) is 0.600. The summed E-state index contributed by atoms with van der Waals surface area (Å²) in [4.78, 5) is 2.35. The van der Waals surface area contributed by atoms with E-state index in [4.69, 9.17) is 21.4 Å². The van der Waals surface area contributed by atoms with Crippen LogP contribution in [0.15, 0.2) is 22.8 Å². The molecule has 3 heterocycles. The molecule has 1 aliphatic rings. The monoisotopic (exact) mass is 322 g/mol. The first kappa shape index (κ1) is 15.5. The molecule has 1 fully saturated rings. The Morgan fingerprint density at radius 1 is 1.41 bits per heavy atom. The van der Waals surface area contributed by atoms with Crippen molar-refractivity contribution in [3.05, 3.63) is 23.2 Å². The number of hydrogen-bond acceptors (Lipinski definition) is 5. The zero-order valence-corrected chi connectivity index (χ0v) is 14.0. The van der Waals surface area contributed by atoms with Crippen LogP contribution in [-0.2, 0) is 18.0 Å². The largest absolute Gasteiger partial charge is 0.461 e. The van der Waals surface area contributed by atoms with Crippen LogP contribution in [0.1, 0.15) is 20.8 Å². The Labute approximate surface area is 135 Å². The van der Waals surface area contributed by atoms with E-state index < -0.39 is 0 Å². The predicted molar refractivity (Wildman–Crippen MR) is 86.0 cm³/mol. The average molecular weight is 322 g/mol. The molecule has 22 heavy (non-hydrogen) atoms. The zero-order chi connectivity index (χ0) is 15.7. The molecule has 120 valence electrons. The quantitative estimate of drug-likeness (QED) is 0.810. The second-order valence-corrected chi connectivity index (χ2v) is 6.10. The van der Waals surface area contributed by atoms with Crippen molar-refractivity contribution in [3.8, 4) is 11.6 Å². The number of hydrogen-bond donors (Lipinski definition) is 0. The van der Waals surface area contributed by atoms with Crippen molar-refractivity contribution in [1.82, 2.24) is 19.2 Å². The van der Waals surface area contributed by atoms with Gasteiger partial charge in [0.25, 0.3) is 0 Å². The molecule has 0 N–H and O–H groups in total. The maximum atomic E-state index is 5.68. The van der Waals surface area contributed by atoms with Gasteiger partial charge in [0.1, 0.15) is 0 Å². The van der Waals surface area contributed by atoms with Gasteiger partial charge >= 0.3 is 0 Å². The lowest BCUT2D eigenvalue weighted by atomic mass is 10.2. The Morgan fingerprint density at radius 3 is 2.91 bits per heavy atom. The minimum atomic E-state index is 0.239. The summed E-state index contributed by atoms with van der Waals surface area (Å²) in [6.07, 6.45) is 1.89. The van der Waals surface area contributed by atoms with Crippen molar-refractivity contribution in [1.29, 1.82) is 0 Å². The first-order chi connectivity index (χ1) is 10.6. The van der Waals surface area contributed by atoms with Crippen LogP contribution in [0.5, 0.6) is 0 Å². The number of rotatable bonds is 4. The van der Waals surface area contributed by atoms with E-state index in [9.17, 15) is 0 Å². The van der Waals surface area contributed by atoms with Crippen LogP contribution in [0, 0.1) is 4.77 Å². The molecule has 0 saturated carbocycles. The summed E-state index contributed by atoms with van der Waals surface area (Å²) in [6.45, 7) is 9.40. The van der Waals surface area contributed by atoms with E-state index >= 15 is 0 Å². The third-order valence-electron chi connectivity index (χ3n) is 4.03. The van der Waals surface area contributed by atoms with E-state index in [2.05, 4.69) is 30.8 Å². The highest BCUT2D eigenvalue weighted by atomic mass is 32.1. The van der Waals surface area contributed by atoms with E-state index in [1.807, 2.05) is 21.4 Å². The van der Waals surface area contributed by atoms with Gasteiger partial charge in [0, 0.05) is 19.1 Å². The SMILES string of the molecule is CCn1c(-c2ccco2)nn(CN2CC(C)OCC2C)c1=S. The maximum Gasteiger partial charge on any atom is 0.199 e. The van der Waals surface area contributed by atoms with Crippen molar-refractivity contribution >= 4 is 12.2 Å². The number of furan rings is 1. The normalized spacial score (nSPS) is 23.0. The number of aromatic nitrogens is 3. The van der Waals surface area contributed by atoms with Gasteiger partial charge in [0.05, 0.1) is 25.6 Å². The Bertz CT molecular complexity index is 676. The van der Waals surface area contributed by atoms with Gasteiger partial charge in [-0.1, -0.05) is 0 Å². The first-order valence-corrected chi connectivity index (χ1v) is 8.08. The maximum absolute atomic E-state index is 5.68. The van der Waals surface area contributed by atoms with E-state index in [0.29, 0.717) is 12.7 Å². The lowest BCUT2D eigenvalue weighted by Crippen LogP contribution is -2.47. The molecule has 1 aliphatic heterocycles. The molecule has 2 atom stereocenters. The van der Waals surface area contributed by atoms with Crippen molar-refractivity contribution in [2.45, 2.75) is 46.1 Å². The highest BCUT2D eigenvalue weighted by molar-refractivity contribution is 7.71. The van der Waals surface area contributed by atoms with Crippen LogP contribution in [0.2, 0.25) is 0 Å². The summed E-state index contributed by atoms with van der Waals surface area (Å²) in [5.41, 5.74) is 0. The molecule has 2 aromatic rings.